The average molecular weight is 312 g/mol. The van der Waals surface area contributed by atoms with Crippen LogP contribution < -0.4 is 5.32 Å². The molecule has 0 saturated heterocycles. The van der Waals surface area contributed by atoms with Crippen LogP contribution in [0.15, 0.2) is 4.42 Å². The van der Waals surface area contributed by atoms with Gasteiger partial charge in [0.1, 0.15) is 5.82 Å². The molecule has 3 heterocycles. The van der Waals surface area contributed by atoms with Crippen molar-refractivity contribution in [1.29, 1.82) is 0 Å². The smallest absolute Gasteiger partial charge is 0.252 e. The van der Waals surface area contributed by atoms with Crippen molar-refractivity contribution in [2.45, 2.75) is 46.0 Å². The molecular weight excluding hydrogens is 292 g/mol. The largest absolute Gasteiger partial charge is 0.422 e. The minimum Gasteiger partial charge on any atom is -0.422 e. The minimum absolute atomic E-state index is 0.537. The molecule has 0 aliphatic heterocycles. The van der Waals surface area contributed by atoms with E-state index in [1.54, 1.807) is 0 Å². The average Bonchev–Trinajstić information content (AvgIpc) is 3.10. The number of oxazole rings is 1. The first-order chi connectivity index (χ1) is 11.2. The van der Waals surface area contributed by atoms with E-state index in [0.717, 1.165) is 31.6 Å². The van der Waals surface area contributed by atoms with Crippen LogP contribution in [0.3, 0.4) is 0 Å². The number of H-pyrrole nitrogens is 1. The number of rotatable bonds is 4. The summed E-state index contributed by atoms with van der Waals surface area (Å²) in [6.45, 7) is 4.43. The number of hydrogen-bond donors (Lipinski definition) is 2. The Kier molecular flexibility index (Phi) is 3.48. The summed E-state index contributed by atoms with van der Waals surface area (Å²) >= 11 is 0. The molecule has 0 radical (unpaired) electrons. The minimum atomic E-state index is 0.537. The highest BCUT2D eigenvalue weighted by atomic mass is 16.4. The summed E-state index contributed by atoms with van der Waals surface area (Å²) in [7, 11) is 0. The van der Waals surface area contributed by atoms with Crippen molar-refractivity contribution >= 4 is 17.0 Å². The van der Waals surface area contributed by atoms with Crippen molar-refractivity contribution in [2.24, 2.45) is 0 Å². The second-order valence-electron chi connectivity index (χ2n) is 6.02. The van der Waals surface area contributed by atoms with Crippen LogP contribution in [-0.2, 0) is 19.3 Å². The highest BCUT2D eigenvalue weighted by Crippen LogP contribution is 2.23. The van der Waals surface area contributed by atoms with E-state index in [4.69, 9.17) is 4.42 Å². The van der Waals surface area contributed by atoms with E-state index in [-0.39, 0.29) is 0 Å². The third-order valence-electron chi connectivity index (χ3n) is 4.27. The molecule has 0 amide bonds. The maximum absolute atomic E-state index is 5.50. The molecule has 0 atom stereocenters. The van der Waals surface area contributed by atoms with E-state index >= 15 is 0 Å². The molecule has 1 aliphatic carbocycles. The van der Waals surface area contributed by atoms with Gasteiger partial charge in [0.25, 0.3) is 5.71 Å². The fourth-order valence-electron chi connectivity index (χ4n) is 3.21. The Morgan fingerprint density at radius 3 is 2.91 bits per heavy atom. The van der Waals surface area contributed by atoms with Crippen molar-refractivity contribution in [3.63, 3.8) is 0 Å². The molecular formula is C16H20N6O. The zero-order chi connectivity index (χ0) is 15.8. The predicted molar refractivity (Wildman–Crippen MR) is 86.5 cm³/mol. The number of aromatic amines is 1. The molecule has 7 heteroatoms. The number of hydrogen-bond acceptors (Lipinski definition) is 6. The van der Waals surface area contributed by atoms with Gasteiger partial charge in [-0.05, 0) is 38.2 Å². The monoisotopic (exact) mass is 312 g/mol. The fraction of sp³-hybridized carbons (Fsp3) is 0.500. The molecule has 0 bridgehead atoms. The zero-order valence-corrected chi connectivity index (χ0v) is 13.4. The first-order valence-corrected chi connectivity index (χ1v) is 8.11. The van der Waals surface area contributed by atoms with Gasteiger partial charge < -0.3 is 9.73 Å². The first-order valence-electron chi connectivity index (χ1n) is 8.11. The Hall–Kier alpha value is -2.44. The maximum atomic E-state index is 5.50. The van der Waals surface area contributed by atoms with Crippen LogP contribution >= 0.6 is 0 Å². The SMILES string of the molecule is Cc1nc(NCCc2n[nH]c3c2CCCC3)c2nc(C)oc2n1. The molecule has 0 spiro atoms. The third-order valence-corrected chi connectivity index (χ3v) is 4.27. The number of fused-ring (bicyclic) bond motifs is 2. The Bertz CT molecular complexity index is 850. The lowest BCUT2D eigenvalue weighted by Crippen LogP contribution is -2.10. The number of anilines is 1. The van der Waals surface area contributed by atoms with Gasteiger partial charge in [-0.15, -0.1) is 0 Å². The van der Waals surface area contributed by atoms with Crippen LogP contribution in [0.25, 0.3) is 11.2 Å². The lowest BCUT2D eigenvalue weighted by atomic mass is 9.95. The summed E-state index contributed by atoms with van der Waals surface area (Å²) < 4.78 is 5.50. The quantitative estimate of drug-likeness (QED) is 0.769. The molecule has 3 aromatic rings. The Labute approximate surface area is 133 Å². The van der Waals surface area contributed by atoms with Crippen molar-refractivity contribution in [1.82, 2.24) is 25.1 Å². The van der Waals surface area contributed by atoms with E-state index in [0.29, 0.717) is 22.9 Å². The Balaban J connectivity index is 1.50. The van der Waals surface area contributed by atoms with E-state index < -0.39 is 0 Å². The van der Waals surface area contributed by atoms with Crippen molar-refractivity contribution in [3.05, 3.63) is 28.7 Å². The molecule has 4 rings (SSSR count). The van der Waals surface area contributed by atoms with E-state index in [2.05, 4.69) is 30.5 Å². The summed E-state index contributed by atoms with van der Waals surface area (Å²) in [4.78, 5) is 13.1. The van der Waals surface area contributed by atoms with Crippen LogP contribution in [-0.4, -0.2) is 31.7 Å². The molecule has 0 unspecified atom stereocenters. The van der Waals surface area contributed by atoms with Gasteiger partial charge >= 0.3 is 0 Å². The van der Waals surface area contributed by atoms with E-state index in [1.807, 2.05) is 13.8 Å². The van der Waals surface area contributed by atoms with Gasteiger partial charge in [0.2, 0.25) is 0 Å². The lowest BCUT2D eigenvalue weighted by molar-refractivity contribution is 0.550. The summed E-state index contributed by atoms with van der Waals surface area (Å²) in [6.07, 6.45) is 5.65. The molecule has 120 valence electrons. The Morgan fingerprint density at radius 2 is 2.00 bits per heavy atom. The molecule has 0 saturated carbocycles. The van der Waals surface area contributed by atoms with Gasteiger partial charge in [0.05, 0.1) is 5.69 Å². The van der Waals surface area contributed by atoms with Gasteiger partial charge in [0, 0.05) is 25.6 Å². The summed E-state index contributed by atoms with van der Waals surface area (Å²) in [5, 5.41) is 11.0. The standard InChI is InChI=1S/C16H20N6O/c1-9-18-15(14-16(19-9)23-10(2)20-14)17-8-7-13-11-5-3-4-6-12(11)21-22-13/h3-8H2,1-2H3,(H,21,22)(H,17,18,19). The summed E-state index contributed by atoms with van der Waals surface area (Å²) in [5.74, 6) is 2.01. The number of aryl methyl sites for hydroxylation is 3. The summed E-state index contributed by atoms with van der Waals surface area (Å²) in [5.41, 5.74) is 5.13. The van der Waals surface area contributed by atoms with Crippen molar-refractivity contribution in [3.8, 4) is 0 Å². The molecule has 1 aliphatic rings. The molecule has 0 aromatic carbocycles. The van der Waals surface area contributed by atoms with Crippen LogP contribution in [0, 0.1) is 13.8 Å². The number of aromatic nitrogens is 5. The highest BCUT2D eigenvalue weighted by Gasteiger charge is 2.17. The van der Waals surface area contributed by atoms with Crippen LogP contribution in [0.4, 0.5) is 5.82 Å². The van der Waals surface area contributed by atoms with Crippen molar-refractivity contribution in [2.75, 3.05) is 11.9 Å². The van der Waals surface area contributed by atoms with Crippen LogP contribution in [0.1, 0.15) is 41.5 Å². The zero-order valence-electron chi connectivity index (χ0n) is 13.4. The van der Waals surface area contributed by atoms with E-state index in [9.17, 15) is 0 Å². The van der Waals surface area contributed by atoms with Crippen LogP contribution in [0.2, 0.25) is 0 Å². The second-order valence-corrected chi connectivity index (χ2v) is 6.02. The lowest BCUT2D eigenvalue weighted by Gasteiger charge is -2.11. The number of nitrogens with one attached hydrogen (secondary N) is 2. The number of nitrogens with zero attached hydrogens (tertiary/aromatic N) is 4. The van der Waals surface area contributed by atoms with Gasteiger partial charge in [-0.1, -0.05) is 0 Å². The Morgan fingerprint density at radius 1 is 1.13 bits per heavy atom. The predicted octanol–water partition coefficient (Wildman–Crippen LogP) is 2.49. The van der Waals surface area contributed by atoms with Gasteiger partial charge in [-0.3, -0.25) is 5.10 Å². The normalized spacial score (nSPS) is 14.2. The topological polar surface area (TPSA) is 92.5 Å². The fourth-order valence-corrected chi connectivity index (χ4v) is 3.21. The third kappa shape index (κ3) is 2.67. The molecule has 23 heavy (non-hydrogen) atoms. The van der Waals surface area contributed by atoms with Crippen LogP contribution in [0.5, 0.6) is 0 Å². The van der Waals surface area contributed by atoms with Gasteiger partial charge in [-0.25, -0.2) is 9.97 Å². The van der Waals surface area contributed by atoms with Gasteiger partial charge in [0.15, 0.2) is 17.2 Å². The second kappa shape index (κ2) is 5.64. The molecule has 7 nitrogen and oxygen atoms in total. The van der Waals surface area contributed by atoms with E-state index in [1.165, 1.54) is 29.8 Å². The van der Waals surface area contributed by atoms with Gasteiger partial charge in [-0.2, -0.15) is 10.1 Å². The highest BCUT2D eigenvalue weighted by molar-refractivity contribution is 5.81. The molecule has 0 fully saturated rings. The van der Waals surface area contributed by atoms with Crippen molar-refractivity contribution < 1.29 is 4.42 Å². The first kappa shape index (κ1) is 14.2. The summed E-state index contributed by atoms with van der Waals surface area (Å²) in [6, 6.07) is 0. The maximum Gasteiger partial charge on any atom is 0.252 e. The molecule has 2 N–H and O–H groups in total. The molecule has 3 aromatic heterocycles.